The molecule has 0 aromatic heterocycles. The Morgan fingerprint density at radius 2 is 2.00 bits per heavy atom. The van der Waals surface area contributed by atoms with Gasteiger partial charge in [0.15, 0.2) is 0 Å². The van der Waals surface area contributed by atoms with E-state index in [4.69, 9.17) is 5.73 Å². The molecule has 0 heterocycles. The van der Waals surface area contributed by atoms with Crippen LogP contribution in [0.2, 0.25) is 0 Å². The van der Waals surface area contributed by atoms with Gasteiger partial charge >= 0.3 is 0 Å². The molecule has 1 unspecified atom stereocenters. The fourth-order valence-corrected chi connectivity index (χ4v) is 1.66. The lowest BCUT2D eigenvalue weighted by atomic mass is 10.2. The summed E-state index contributed by atoms with van der Waals surface area (Å²) in [4.78, 5) is 13.7. The van der Waals surface area contributed by atoms with Crippen LogP contribution in [0, 0.1) is 0 Å². The molecule has 0 saturated heterocycles. The molecule has 1 atom stereocenters. The Labute approximate surface area is 108 Å². The highest BCUT2D eigenvalue weighted by Crippen LogP contribution is 2.06. The number of benzene rings is 1. The largest absolute Gasteiger partial charge is 0.399 e. The molecule has 0 aliphatic heterocycles. The third kappa shape index (κ3) is 5.50. The van der Waals surface area contributed by atoms with Crippen molar-refractivity contribution in [3.63, 3.8) is 0 Å². The van der Waals surface area contributed by atoms with E-state index in [1.54, 1.807) is 6.08 Å². The molecule has 0 saturated carbocycles. The summed E-state index contributed by atoms with van der Waals surface area (Å²) in [6, 6.07) is 7.51. The first-order valence-corrected chi connectivity index (χ1v) is 5.96. The molecule has 0 aliphatic rings. The second-order valence-electron chi connectivity index (χ2n) is 4.67. The number of hydrogen-bond acceptors (Lipinski definition) is 3. The van der Waals surface area contributed by atoms with Crippen molar-refractivity contribution in [2.75, 3.05) is 26.4 Å². The molecular weight excluding hydrogens is 226 g/mol. The lowest BCUT2D eigenvalue weighted by molar-refractivity contribution is -0.117. The first kappa shape index (κ1) is 14.3. The minimum atomic E-state index is -0.0822. The third-order valence-electron chi connectivity index (χ3n) is 2.39. The second-order valence-corrected chi connectivity index (χ2v) is 4.67. The summed E-state index contributed by atoms with van der Waals surface area (Å²) in [5, 5.41) is 2.90. The Kier molecular flexibility index (Phi) is 5.39. The maximum atomic E-state index is 11.6. The normalized spacial score (nSPS) is 12.9. The number of nitrogens with two attached hydrogens (primary N) is 1. The first-order valence-electron chi connectivity index (χ1n) is 5.96. The van der Waals surface area contributed by atoms with Crippen LogP contribution in [0.4, 0.5) is 5.69 Å². The van der Waals surface area contributed by atoms with Crippen LogP contribution < -0.4 is 11.1 Å². The highest BCUT2D eigenvalue weighted by Gasteiger charge is 2.05. The van der Waals surface area contributed by atoms with Crippen molar-refractivity contribution in [3.8, 4) is 0 Å². The summed E-state index contributed by atoms with van der Waals surface area (Å²) in [6.45, 7) is 2.80. The number of rotatable bonds is 5. The van der Waals surface area contributed by atoms with Crippen LogP contribution in [-0.2, 0) is 4.79 Å². The van der Waals surface area contributed by atoms with Crippen molar-refractivity contribution >= 4 is 17.7 Å². The van der Waals surface area contributed by atoms with Gasteiger partial charge in [-0.25, -0.2) is 0 Å². The summed E-state index contributed by atoms with van der Waals surface area (Å²) in [5.41, 5.74) is 7.26. The Morgan fingerprint density at radius 1 is 1.39 bits per heavy atom. The molecule has 1 aromatic carbocycles. The SMILES string of the molecule is CC(CN(C)C)NC(=O)/C=C/c1ccc(N)cc1. The quantitative estimate of drug-likeness (QED) is 0.610. The molecule has 18 heavy (non-hydrogen) atoms. The summed E-state index contributed by atoms with van der Waals surface area (Å²) >= 11 is 0. The smallest absolute Gasteiger partial charge is 0.244 e. The van der Waals surface area contributed by atoms with Crippen LogP contribution in [0.5, 0.6) is 0 Å². The van der Waals surface area contributed by atoms with Crippen LogP contribution in [0.1, 0.15) is 12.5 Å². The molecule has 4 nitrogen and oxygen atoms in total. The highest BCUT2D eigenvalue weighted by atomic mass is 16.1. The topological polar surface area (TPSA) is 58.4 Å². The first-order chi connectivity index (χ1) is 8.47. The van der Waals surface area contributed by atoms with Crippen molar-refractivity contribution in [1.82, 2.24) is 10.2 Å². The Bertz CT molecular complexity index is 410. The van der Waals surface area contributed by atoms with E-state index in [1.165, 1.54) is 6.08 Å². The van der Waals surface area contributed by atoms with Crippen molar-refractivity contribution in [2.24, 2.45) is 0 Å². The zero-order valence-corrected chi connectivity index (χ0v) is 11.2. The molecule has 4 heteroatoms. The summed E-state index contributed by atoms with van der Waals surface area (Å²) in [6.07, 6.45) is 3.31. The van der Waals surface area contributed by atoms with Gasteiger partial charge < -0.3 is 16.0 Å². The molecule has 1 aromatic rings. The van der Waals surface area contributed by atoms with E-state index in [9.17, 15) is 4.79 Å². The molecule has 98 valence electrons. The van der Waals surface area contributed by atoms with Gasteiger partial charge in [-0.2, -0.15) is 0 Å². The van der Waals surface area contributed by atoms with Crippen LogP contribution in [-0.4, -0.2) is 37.5 Å². The van der Waals surface area contributed by atoms with E-state index in [0.29, 0.717) is 0 Å². The van der Waals surface area contributed by atoms with Gasteiger partial charge in [-0.3, -0.25) is 4.79 Å². The molecule has 0 radical (unpaired) electrons. The maximum absolute atomic E-state index is 11.6. The molecule has 0 aliphatic carbocycles. The number of amides is 1. The third-order valence-corrected chi connectivity index (χ3v) is 2.39. The lowest BCUT2D eigenvalue weighted by Gasteiger charge is -2.17. The van der Waals surface area contributed by atoms with Gasteiger partial charge in [-0.05, 0) is 44.8 Å². The molecule has 0 bridgehead atoms. The molecular formula is C14H21N3O. The van der Waals surface area contributed by atoms with Crippen molar-refractivity contribution in [3.05, 3.63) is 35.9 Å². The Balaban J connectivity index is 2.46. The predicted molar refractivity (Wildman–Crippen MR) is 76.0 cm³/mol. The number of anilines is 1. The number of carbonyl (C=O) groups is 1. The number of hydrogen-bond donors (Lipinski definition) is 2. The number of carbonyl (C=O) groups excluding carboxylic acids is 1. The predicted octanol–water partition coefficient (Wildman–Crippen LogP) is 1.35. The van der Waals surface area contributed by atoms with Crippen LogP contribution in [0.3, 0.4) is 0 Å². The zero-order chi connectivity index (χ0) is 13.5. The average Bonchev–Trinajstić information content (AvgIpc) is 2.27. The molecule has 0 spiro atoms. The van der Waals surface area contributed by atoms with E-state index >= 15 is 0 Å². The van der Waals surface area contributed by atoms with Gasteiger partial charge in [0.1, 0.15) is 0 Å². The van der Waals surface area contributed by atoms with E-state index in [2.05, 4.69) is 5.32 Å². The fourth-order valence-electron chi connectivity index (χ4n) is 1.66. The highest BCUT2D eigenvalue weighted by molar-refractivity contribution is 5.91. The summed E-state index contributed by atoms with van der Waals surface area (Å²) in [5.74, 6) is -0.0822. The molecule has 0 fully saturated rings. The van der Waals surface area contributed by atoms with E-state index in [1.807, 2.05) is 50.2 Å². The van der Waals surface area contributed by atoms with Crippen molar-refractivity contribution < 1.29 is 4.79 Å². The minimum absolute atomic E-state index is 0.0822. The lowest BCUT2D eigenvalue weighted by Crippen LogP contribution is -2.38. The molecule has 1 rings (SSSR count). The van der Waals surface area contributed by atoms with Gasteiger partial charge in [0.05, 0.1) is 0 Å². The van der Waals surface area contributed by atoms with Crippen LogP contribution in [0.15, 0.2) is 30.3 Å². The number of nitrogens with zero attached hydrogens (tertiary/aromatic N) is 1. The Morgan fingerprint density at radius 3 is 2.56 bits per heavy atom. The van der Waals surface area contributed by atoms with Crippen molar-refractivity contribution in [1.29, 1.82) is 0 Å². The van der Waals surface area contributed by atoms with Gasteiger partial charge in [-0.15, -0.1) is 0 Å². The summed E-state index contributed by atoms with van der Waals surface area (Å²) in [7, 11) is 3.96. The number of nitrogen functional groups attached to an aromatic ring is 1. The van der Waals surface area contributed by atoms with Crippen LogP contribution >= 0.6 is 0 Å². The van der Waals surface area contributed by atoms with Gasteiger partial charge in [0, 0.05) is 24.4 Å². The Hall–Kier alpha value is -1.81. The molecule has 1 amide bonds. The summed E-state index contributed by atoms with van der Waals surface area (Å²) < 4.78 is 0. The van der Waals surface area contributed by atoms with Gasteiger partial charge in [-0.1, -0.05) is 12.1 Å². The van der Waals surface area contributed by atoms with E-state index in [-0.39, 0.29) is 11.9 Å². The minimum Gasteiger partial charge on any atom is -0.399 e. The second kappa shape index (κ2) is 6.81. The zero-order valence-electron chi connectivity index (χ0n) is 11.2. The standard InChI is InChI=1S/C14H21N3O/c1-11(10-17(2)3)16-14(18)9-6-12-4-7-13(15)8-5-12/h4-9,11H,10,15H2,1-3H3,(H,16,18)/b9-6+. The monoisotopic (exact) mass is 247 g/mol. The number of likely N-dealkylation sites (N-methyl/N-ethyl adjacent to an activating group) is 1. The molecule has 3 N–H and O–H groups in total. The average molecular weight is 247 g/mol. The maximum Gasteiger partial charge on any atom is 0.244 e. The van der Waals surface area contributed by atoms with Gasteiger partial charge in [0.25, 0.3) is 0 Å². The van der Waals surface area contributed by atoms with Crippen molar-refractivity contribution in [2.45, 2.75) is 13.0 Å². The van der Waals surface area contributed by atoms with E-state index < -0.39 is 0 Å². The number of nitrogens with one attached hydrogen (secondary N) is 1. The van der Waals surface area contributed by atoms with Crippen LogP contribution in [0.25, 0.3) is 6.08 Å². The van der Waals surface area contributed by atoms with Gasteiger partial charge in [0.2, 0.25) is 5.91 Å². The van der Waals surface area contributed by atoms with E-state index in [0.717, 1.165) is 17.8 Å². The fraction of sp³-hybridized carbons (Fsp3) is 0.357.